The molecule has 0 aliphatic heterocycles. The second kappa shape index (κ2) is 4.64. The van der Waals surface area contributed by atoms with Crippen molar-refractivity contribution in [3.05, 3.63) is 18.0 Å². The van der Waals surface area contributed by atoms with Crippen LogP contribution in [0.1, 0.15) is 25.5 Å². The first-order chi connectivity index (χ1) is 6.24. The molecular formula is C9H16N4. The molecule has 0 unspecified atom stereocenters. The van der Waals surface area contributed by atoms with Crippen molar-refractivity contribution in [3.8, 4) is 0 Å². The van der Waals surface area contributed by atoms with Crippen LogP contribution in [0.15, 0.2) is 17.3 Å². The highest BCUT2D eigenvalue weighted by Crippen LogP contribution is 1.99. The molecule has 0 fully saturated rings. The van der Waals surface area contributed by atoms with E-state index in [1.54, 1.807) is 6.20 Å². The van der Waals surface area contributed by atoms with Crippen LogP contribution in [0.25, 0.3) is 0 Å². The van der Waals surface area contributed by atoms with E-state index in [0.29, 0.717) is 6.54 Å². The zero-order valence-corrected chi connectivity index (χ0v) is 8.20. The summed E-state index contributed by atoms with van der Waals surface area (Å²) < 4.78 is 1.81. The molecule has 0 aromatic carbocycles. The van der Waals surface area contributed by atoms with E-state index in [1.807, 2.05) is 17.8 Å². The lowest BCUT2D eigenvalue weighted by Crippen LogP contribution is -2.11. The predicted molar refractivity (Wildman–Crippen MR) is 53.4 cm³/mol. The Morgan fingerprint density at radius 2 is 2.46 bits per heavy atom. The van der Waals surface area contributed by atoms with Crippen molar-refractivity contribution < 1.29 is 0 Å². The Kier molecular flexibility index (Phi) is 3.49. The van der Waals surface area contributed by atoms with E-state index in [1.165, 1.54) is 0 Å². The van der Waals surface area contributed by atoms with Crippen molar-refractivity contribution >= 4 is 5.84 Å². The summed E-state index contributed by atoms with van der Waals surface area (Å²) in [5, 5.41) is 4.05. The second-order valence-electron chi connectivity index (χ2n) is 3.00. The van der Waals surface area contributed by atoms with Crippen LogP contribution < -0.4 is 5.73 Å². The van der Waals surface area contributed by atoms with Gasteiger partial charge in [-0.05, 0) is 12.5 Å². The molecule has 72 valence electrons. The van der Waals surface area contributed by atoms with Gasteiger partial charge in [-0.2, -0.15) is 5.10 Å². The molecule has 13 heavy (non-hydrogen) atoms. The van der Waals surface area contributed by atoms with Crippen LogP contribution in [0.3, 0.4) is 0 Å². The summed E-state index contributed by atoms with van der Waals surface area (Å²) in [5.41, 5.74) is 6.75. The van der Waals surface area contributed by atoms with Crippen molar-refractivity contribution in [2.45, 2.75) is 26.3 Å². The lowest BCUT2D eigenvalue weighted by Gasteiger charge is -1.99. The Balaban J connectivity index is 2.51. The maximum absolute atomic E-state index is 5.67. The number of nitrogens with zero attached hydrogens (tertiary/aromatic N) is 3. The maximum Gasteiger partial charge on any atom is 0.0941 e. The SMILES string of the molecule is CCCC(N)=NCc1ccnn1C. The Labute approximate surface area is 78.5 Å². The molecule has 1 heterocycles. The lowest BCUT2D eigenvalue weighted by molar-refractivity contribution is 0.711. The molecule has 0 amide bonds. The minimum Gasteiger partial charge on any atom is -0.387 e. The van der Waals surface area contributed by atoms with Gasteiger partial charge in [0, 0.05) is 19.7 Å². The standard InChI is InChI=1S/C9H16N4/c1-3-4-9(10)11-7-8-5-6-12-13(8)2/h5-6H,3-4,7H2,1-2H3,(H2,10,11). The fourth-order valence-corrected chi connectivity index (χ4v) is 1.07. The first kappa shape index (κ1) is 9.77. The van der Waals surface area contributed by atoms with Gasteiger partial charge in [0.15, 0.2) is 0 Å². The summed E-state index contributed by atoms with van der Waals surface area (Å²) in [7, 11) is 1.90. The summed E-state index contributed by atoms with van der Waals surface area (Å²) in [6, 6.07) is 1.95. The van der Waals surface area contributed by atoms with Crippen LogP contribution in [0.5, 0.6) is 0 Å². The van der Waals surface area contributed by atoms with E-state index >= 15 is 0 Å². The van der Waals surface area contributed by atoms with Gasteiger partial charge in [-0.25, -0.2) is 0 Å². The smallest absolute Gasteiger partial charge is 0.0941 e. The summed E-state index contributed by atoms with van der Waals surface area (Å²) in [5.74, 6) is 0.726. The molecule has 0 atom stereocenters. The van der Waals surface area contributed by atoms with Crippen LogP contribution in [0, 0.1) is 0 Å². The van der Waals surface area contributed by atoms with Crippen molar-refractivity contribution in [1.82, 2.24) is 9.78 Å². The number of hydrogen-bond acceptors (Lipinski definition) is 2. The van der Waals surface area contributed by atoms with E-state index in [0.717, 1.165) is 24.4 Å². The molecule has 1 aromatic heterocycles. The number of aliphatic imine (C=N–C) groups is 1. The van der Waals surface area contributed by atoms with Gasteiger partial charge in [-0.15, -0.1) is 0 Å². The molecule has 0 radical (unpaired) electrons. The normalized spacial score (nSPS) is 12.0. The number of amidine groups is 1. The predicted octanol–water partition coefficient (Wildman–Crippen LogP) is 1.08. The first-order valence-corrected chi connectivity index (χ1v) is 4.49. The first-order valence-electron chi connectivity index (χ1n) is 4.49. The largest absolute Gasteiger partial charge is 0.387 e. The summed E-state index contributed by atoms with van der Waals surface area (Å²) in [6.45, 7) is 2.72. The molecule has 0 saturated carbocycles. The maximum atomic E-state index is 5.67. The zero-order valence-electron chi connectivity index (χ0n) is 8.20. The van der Waals surface area contributed by atoms with Crippen LogP contribution in [0.2, 0.25) is 0 Å². The van der Waals surface area contributed by atoms with E-state index < -0.39 is 0 Å². The molecule has 0 aliphatic carbocycles. The minimum absolute atomic E-state index is 0.627. The molecule has 0 aliphatic rings. The second-order valence-corrected chi connectivity index (χ2v) is 3.00. The monoisotopic (exact) mass is 180 g/mol. The molecule has 1 rings (SSSR count). The summed E-state index contributed by atoms with van der Waals surface area (Å²) in [4.78, 5) is 4.25. The van der Waals surface area contributed by atoms with Gasteiger partial charge in [0.25, 0.3) is 0 Å². The molecule has 0 spiro atoms. The van der Waals surface area contributed by atoms with Crippen LogP contribution in [0.4, 0.5) is 0 Å². The molecule has 4 nitrogen and oxygen atoms in total. The number of nitrogens with two attached hydrogens (primary N) is 1. The van der Waals surface area contributed by atoms with E-state index in [2.05, 4.69) is 17.0 Å². The average Bonchev–Trinajstić information content (AvgIpc) is 2.48. The Bertz CT molecular complexity index is 288. The lowest BCUT2D eigenvalue weighted by atomic mass is 10.3. The fourth-order valence-electron chi connectivity index (χ4n) is 1.07. The van der Waals surface area contributed by atoms with Crippen molar-refractivity contribution in [1.29, 1.82) is 0 Å². The highest BCUT2D eigenvalue weighted by Gasteiger charge is 1.96. The van der Waals surface area contributed by atoms with Gasteiger partial charge >= 0.3 is 0 Å². The highest BCUT2D eigenvalue weighted by atomic mass is 15.3. The Morgan fingerprint density at radius 1 is 1.69 bits per heavy atom. The summed E-state index contributed by atoms with van der Waals surface area (Å²) >= 11 is 0. The van der Waals surface area contributed by atoms with Crippen LogP contribution >= 0.6 is 0 Å². The zero-order chi connectivity index (χ0) is 9.68. The third-order valence-corrected chi connectivity index (χ3v) is 1.87. The topological polar surface area (TPSA) is 56.2 Å². The number of aromatic nitrogens is 2. The van der Waals surface area contributed by atoms with Gasteiger partial charge in [-0.3, -0.25) is 9.67 Å². The van der Waals surface area contributed by atoms with Gasteiger partial charge in [-0.1, -0.05) is 6.92 Å². The Hall–Kier alpha value is -1.32. The van der Waals surface area contributed by atoms with Gasteiger partial charge in [0.1, 0.15) is 0 Å². The highest BCUT2D eigenvalue weighted by molar-refractivity contribution is 5.80. The average molecular weight is 180 g/mol. The van der Waals surface area contributed by atoms with E-state index in [9.17, 15) is 0 Å². The third kappa shape index (κ3) is 2.89. The molecule has 4 heteroatoms. The van der Waals surface area contributed by atoms with Crippen LogP contribution in [-0.2, 0) is 13.6 Å². The number of aryl methyl sites for hydroxylation is 1. The third-order valence-electron chi connectivity index (χ3n) is 1.87. The van der Waals surface area contributed by atoms with Crippen molar-refractivity contribution in [2.24, 2.45) is 17.8 Å². The minimum atomic E-state index is 0.627. The number of rotatable bonds is 4. The molecule has 2 N–H and O–H groups in total. The molecule has 0 saturated heterocycles. The molecule has 0 bridgehead atoms. The van der Waals surface area contributed by atoms with Crippen LogP contribution in [-0.4, -0.2) is 15.6 Å². The van der Waals surface area contributed by atoms with Crippen molar-refractivity contribution in [3.63, 3.8) is 0 Å². The quantitative estimate of drug-likeness (QED) is 0.556. The van der Waals surface area contributed by atoms with E-state index in [4.69, 9.17) is 5.73 Å². The summed E-state index contributed by atoms with van der Waals surface area (Å²) in [6.07, 6.45) is 3.68. The fraction of sp³-hybridized carbons (Fsp3) is 0.556. The Morgan fingerprint density at radius 3 is 3.00 bits per heavy atom. The van der Waals surface area contributed by atoms with Gasteiger partial charge < -0.3 is 5.73 Å². The van der Waals surface area contributed by atoms with E-state index in [-0.39, 0.29) is 0 Å². The number of hydrogen-bond donors (Lipinski definition) is 1. The molecule has 1 aromatic rings. The van der Waals surface area contributed by atoms with Crippen molar-refractivity contribution in [2.75, 3.05) is 0 Å². The van der Waals surface area contributed by atoms with Gasteiger partial charge in [0.05, 0.1) is 18.1 Å². The molecular weight excluding hydrogens is 164 g/mol. The van der Waals surface area contributed by atoms with Gasteiger partial charge in [0.2, 0.25) is 0 Å².